The monoisotopic (exact) mass is 384 g/mol. The van der Waals surface area contributed by atoms with Crippen molar-refractivity contribution in [3.05, 3.63) is 54.6 Å². The minimum atomic E-state index is -0.467. The van der Waals surface area contributed by atoms with E-state index in [9.17, 15) is 5.11 Å². The van der Waals surface area contributed by atoms with Gasteiger partial charge in [-0.1, -0.05) is 42.5 Å². The van der Waals surface area contributed by atoms with E-state index in [0.717, 1.165) is 18.6 Å². The molecule has 1 aliphatic rings. The smallest absolute Gasteiger partial charge is 0.137 e. The van der Waals surface area contributed by atoms with Crippen LogP contribution >= 0.6 is 0 Å². The van der Waals surface area contributed by atoms with E-state index >= 15 is 0 Å². The highest BCUT2D eigenvalue weighted by molar-refractivity contribution is 5.63. The number of aliphatic hydroxyl groups excluding tert-OH is 1. The molecule has 0 saturated carbocycles. The van der Waals surface area contributed by atoms with E-state index in [-0.39, 0.29) is 11.1 Å². The highest BCUT2D eigenvalue weighted by Gasteiger charge is 2.43. The Labute approximate surface area is 169 Å². The van der Waals surface area contributed by atoms with Gasteiger partial charge in [0.1, 0.15) is 25.0 Å². The van der Waals surface area contributed by atoms with E-state index in [2.05, 4.69) is 62.6 Å². The molecule has 0 spiro atoms. The molecule has 1 saturated heterocycles. The Balaban J connectivity index is 1.45. The molecule has 1 aliphatic heterocycles. The van der Waals surface area contributed by atoms with Crippen molar-refractivity contribution >= 4 is 0 Å². The van der Waals surface area contributed by atoms with Crippen molar-refractivity contribution in [1.82, 2.24) is 0 Å². The van der Waals surface area contributed by atoms with E-state index in [0.29, 0.717) is 19.2 Å². The molecule has 1 heterocycles. The van der Waals surface area contributed by atoms with Crippen molar-refractivity contribution in [1.29, 1.82) is 0 Å². The number of hydrogen-bond acceptors (Lipinski definition) is 2. The van der Waals surface area contributed by atoms with Crippen molar-refractivity contribution in [2.75, 3.05) is 13.2 Å². The van der Waals surface area contributed by atoms with Crippen molar-refractivity contribution < 1.29 is 20.5 Å². The molecule has 2 aromatic rings. The average Bonchev–Trinajstić information content (AvgIpc) is 2.63. The SMILES string of the molecule is CC1(C)CC([NH2+]C[C@@H](O)COc2ccc(-c3ccccc3)cc2)CC(C)(C)[NH2+]1. The molecular formula is C24H36N2O2+2. The van der Waals surface area contributed by atoms with Crippen LogP contribution in [0, 0.1) is 0 Å². The van der Waals surface area contributed by atoms with Crippen LogP contribution in [0.5, 0.6) is 5.75 Å². The molecule has 4 heteroatoms. The predicted molar refractivity (Wildman–Crippen MR) is 113 cm³/mol. The summed E-state index contributed by atoms with van der Waals surface area (Å²) in [6, 6.07) is 18.9. The molecule has 0 amide bonds. The zero-order chi connectivity index (χ0) is 20.2. The molecular weight excluding hydrogens is 348 g/mol. The first-order valence-electron chi connectivity index (χ1n) is 10.4. The zero-order valence-electron chi connectivity index (χ0n) is 17.7. The van der Waals surface area contributed by atoms with Crippen LogP contribution in [0.2, 0.25) is 0 Å². The molecule has 0 aliphatic carbocycles. The van der Waals surface area contributed by atoms with Crippen LogP contribution in [-0.2, 0) is 0 Å². The molecule has 0 bridgehead atoms. The molecule has 4 nitrogen and oxygen atoms in total. The largest absolute Gasteiger partial charge is 0.491 e. The Hall–Kier alpha value is -1.88. The van der Waals surface area contributed by atoms with Gasteiger partial charge >= 0.3 is 0 Å². The van der Waals surface area contributed by atoms with Crippen LogP contribution in [-0.4, -0.2) is 41.5 Å². The number of hydrogen-bond donors (Lipinski definition) is 3. The van der Waals surface area contributed by atoms with Crippen LogP contribution in [0.4, 0.5) is 0 Å². The summed E-state index contributed by atoms with van der Waals surface area (Å²) in [5.74, 6) is 0.799. The molecule has 0 aromatic heterocycles. The van der Waals surface area contributed by atoms with Crippen LogP contribution in [0.3, 0.4) is 0 Å². The average molecular weight is 385 g/mol. The molecule has 152 valence electrons. The van der Waals surface area contributed by atoms with Gasteiger partial charge in [0.05, 0.1) is 30.0 Å². The lowest BCUT2D eigenvalue weighted by atomic mass is 9.79. The Morgan fingerprint density at radius 1 is 0.964 bits per heavy atom. The first-order chi connectivity index (χ1) is 13.2. The summed E-state index contributed by atoms with van der Waals surface area (Å²) in [6.07, 6.45) is 1.85. The minimum Gasteiger partial charge on any atom is -0.491 e. The second-order valence-corrected chi connectivity index (χ2v) is 9.62. The fourth-order valence-corrected chi connectivity index (χ4v) is 4.75. The van der Waals surface area contributed by atoms with Gasteiger partial charge in [0, 0.05) is 0 Å². The summed E-state index contributed by atoms with van der Waals surface area (Å²) in [6.45, 7) is 10.3. The fraction of sp³-hybridized carbons (Fsp3) is 0.500. The van der Waals surface area contributed by atoms with Gasteiger partial charge in [-0.3, -0.25) is 0 Å². The number of rotatable bonds is 7. The zero-order valence-corrected chi connectivity index (χ0v) is 17.7. The Bertz CT molecular complexity index is 725. The quantitative estimate of drug-likeness (QED) is 0.683. The third-order valence-corrected chi connectivity index (χ3v) is 5.50. The van der Waals surface area contributed by atoms with Crippen LogP contribution < -0.4 is 15.4 Å². The summed E-state index contributed by atoms with van der Waals surface area (Å²) >= 11 is 0. The van der Waals surface area contributed by atoms with Gasteiger partial charge < -0.3 is 20.5 Å². The summed E-state index contributed by atoms with van der Waals surface area (Å²) in [4.78, 5) is 0. The van der Waals surface area contributed by atoms with Gasteiger partial charge in [-0.15, -0.1) is 0 Å². The molecule has 28 heavy (non-hydrogen) atoms. The molecule has 1 atom stereocenters. The summed E-state index contributed by atoms with van der Waals surface area (Å²) in [5, 5.41) is 15.2. The van der Waals surface area contributed by atoms with Gasteiger partial charge in [-0.05, 0) is 51.0 Å². The molecule has 5 N–H and O–H groups in total. The lowest BCUT2D eigenvalue weighted by Crippen LogP contribution is -3.09. The van der Waals surface area contributed by atoms with E-state index in [1.54, 1.807) is 0 Å². The van der Waals surface area contributed by atoms with E-state index in [1.807, 2.05) is 30.3 Å². The van der Waals surface area contributed by atoms with Crippen molar-refractivity contribution in [3.8, 4) is 16.9 Å². The van der Waals surface area contributed by atoms with E-state index in [4.69, 9.17) is 4.74 Å². The van der Waals surface area contributed by atoms with Crippen LogP contribution in [0.25, 0.3) is 11.1 Å². The summed E-state index contributed by atoms with van der Waals surface area (Å²) in [7, 11) is 0. The second kappa shape index (κ2) is 8.64. The molecule has 2 aromatic carbocycles. The van der Waals surface area contributed by atoms with Crippen LogP contribution in [0.15, 0.2) is 54.6 Å². The maximum absolute atomic E-state index is 10.4. The number of aliphatic hydroxyl groups is 1. The number of quaternary nitrogens is 2. The van der Waals surface area contributed by atoms with Gasteiger partial charge in [-0.25, -0.2) is 0 Å². The standard InChI is InChI=1S/C24H34N2O2/c1-23(2)14-20(15-24(3,4)26-23)25-16-21(27)17-28-22-12-10-19(11-13-22)18-8-6-5-7-9-18/h5-13,20-21,25-27H,14-17H2,1-4H3/p+2/t21-/m1/s1. The third-order valence-electron chi connectivity index (χ3n) is 5.50. The number of benzene rings is 2. The number of ether oxygens (including phenoxy) is 1. The minimum absolute atomic E-state index is 0.255. The number of piperidine rings is 1. The maximum atomic E-state index is 10.4. The fourth-order valence-electron chi connectivity index (χ4n) is 4.75. The van der Waals surface area contributed by atoms with Gasteiger partial charge in [0.15, 0.2) is 0 Å². The van der Waals surface area contributed by atoms with E-state index < -0.39 is 6.10 Å². The first-order valence-corrected chi connectivity index (χ1v) is 10.4. The highest BCUT2D eigenvalue weighted by Crippen LogP contribution is 2.22. The van der Waals surface area contributed by atoms with Crippen molar-refractivity contribution in [2.45, 2.75) is 63.8 Å². The highest BCUT2D eigenvalue weighted by atomic mass is 16.5. The Morgan fingerprint density at radius 2 is 1.54 bits per heavy atom. The Morgan fingerprint density at radius 3 is 2.14 bits per heavy atom. The lowest BCUT2D eigenvalue weighted by Gasteiger charge is -2.41. The van der Waals surface area contributed by atoms with Crippen molar-refractivity contribution in [2.24, 2.45) is 0 Å². The van der Waals surface area contributed by atoms with Gasteiger partial charge in [-0.2, -0.15) is 0 Å². The first kappa shape index (κ1) is 20.8. The third kappa shape index (κ3) is 6.06. The van der Waals surface area contributed by atoms with Crippen LogP contribution in [0.1, 0.15) is 40.5 Å². The van der Waals surface area contributed by atoms with Crippen molar-refractivity contribution in [3.63, 3.8) is 0 Å². The van der Waals surface area contributed by atoms with Gasteiger partial charge in [0.2, 0.25) is 0 Å². The van der Waals surface area contributed by atoms with Gasteiger partial charge in [0.25, 0.3) is 0 Å². The number of nitrogens with two attached hydrogens (primary N) is 2. The summed E-state index contributed by atoms with van der Waals surface area (Å²) in [5.41, 5.74) is 2.87. The second-order valence-electron chi connectivity index (χ2n) is 9.62. The molecule has 1 fully saturated rings. The maximum Gasteiger partial charge on any atom is 0.137 e. The normalized spacial score (nSPS) is 19.9. The summed E-state index contributed by atoms with van der Waals surface area (Å²) < 4.78 is 5.80. The molecule has 3 rings (SSSR count). The predicted octanol–water partition coefficient (Wildman–Crippen LogP) is 1.94. The molecule has 0 unspecified atom stereocenters. The Kier molecular flexibility index (Phi) is 6.43. The topological polar surface area (TPSA) is 62.7 Å². The van der Waals surface area contributed by atoms with E-state index in [1.165, 1.54) is 11.1 Å². The molecule has 0 radical (unpaired) electrons. The lowest BCUT2D eigenvalue weighted by molar-refractivity contribution is -0.814.